The SMILES string of the molecule is c1ccc(C2=NC(c3ccccc3)CCC2)cc1. The third kappa shape index (κ3) is 2.35. The molecule has 0 spiro atoms. The van der Waals surface area contributed by atoms with Crippen molar-refractivity contribution in [3.63, 3.8) is 0 Å². The van der Waals surface area contributed by atoms with E-state index in [9.17, 15) is 0 Å². The van der Waals surface area contributed by atoms with Crippen LogP contribution in [0.3, 0.4) is 0 Å². The average molecular weight is 235 g/mol. The Morgan fingerprint density at radius 1 is 0.833 bits per heavy atom. The Morgan fingerprint density at radius 2 is 1.50 bits per heavy atom. The first-order valence-electron chi connectivity index (χ1n) is 6.60. The van der Waals surface area contributed by atoms with Gasteiger partial charge in [-0.2, -0.15) is 0 Å². The fraction of sp³-hybridized carbons (Fsp3) is 0.235. The Labute approximate surface area is 108 Å². The van der Waals surface area contributed by atoms with Crippen LogP contribution in [0, 0.1) is 0 Å². The van der Waals surface area contributed by atoms with Gasteiger partial charge in [-0.1, -0.05) is 60.7 Å². The molecule has 0 saturated carbocycles. The van der Waals surface area contributed by atoms with Crippen molar-refractivity contribution in [3.8, 4) is 0 Å². The quantitative estimate of drug-likeness (QED) is 0.731. The average Bonchev–Trinajstić information content (AvgIpc) is 2.49. The van der Waals surface area contributed by atoms with Crippen molar-refractivity contribution < 1.29 is 0 Å². The predicted octanol–water partition coefficient (Wildman–Crippen LogP) is 4.40. The van der Waals surface area contributed by atoms with Gasteiger partial charge >= 0.3 is 0 Å². The first-order chi connectivity index (χ1) is 8.93. The molecule has 2 aromatic carbocycles. The van der Waals surface area contributed by atoms with Crippen LogP contribution in [-0.2, 0) is 0 Å². The fourth-order valence-electron chi connectivity index (χ4n) is 2.55. The Kier molecular flexibility index (Phi) is 3.22. The van der Waals surface area contributed by atoms with Gasteiger partial charge < -0.3 is 0 Å². The monoisotopic (exact) mass is 235 g/mol. The van der Waals surface area contributed by atoms with Crippen molar-refractivity contribution in [1.82, 2.24) is 0 Å². The van der Waals surface area contributed by atoms with Gasteiger partial charge in [-0.05, 0) is 30.4 Å². The molecule has 1 heterocycles. The van der Waals surface area contributed by atoms with E-state index in [-0.39, 0.29) is 0 Å². The van der Waals surface area contributed by atoms with E-state index >= 15 is 0 Å². The summed E-state index contributed by atoms with van der Waals surface area (Å²) >= 11 is 0. The van der Waals surface area contributed by atoms with Gasteiger partial charge in [0.2, 0.25) is 0 Å². The lowest BCUT2D eigenvalue weighted by Crippen LogP contribution is -2.11. The zero-order valence-electron chi connectivity index (χ0n) is 10.4. The predicted molar refractivity (Wildman–Crippen MR) is 76.0 cm³/mol. The van der Waals surface area contributed by atoms with Crippen LogP contribution in [-0.4, -0.2) is 5.71 Å². The van der Waals surface area contributed by atoms with Crippen LogP contribution < -0.4 is 0 Å². The van der Waals surface area contributed by atoms with E-state index in [1.54, 1.807) is 0 Å². The third-order valence-corrected chi connectivity index (χ3v) is 3.49. The van der Waals surface area contributed by atoms with Crippen LogP contribution in [0.15, 0.2) is 65.7 Å². The van der Waals surface area contributed by atoms with Crippen molar-refractivity contribution in [2.24, 2.45) is 4.99 Å². The molecule has 0 aromatic heterocycles. The van der Waals surface area contributed by atoms with Gasteiger partial charge in [-0.15, -0.1) is 0 Å². The smallest absolute Gasteiger partial charge is 0.0752 e. The minimum atomic E-state index is 0.343. The lowest BCUT2D eigenvalue weighted by Gasteiger charge is -2.21. The molecule has 2 aromatic rings. The second-order valence-corrected chi connectivity index (χ2v) is 4.76. The molecule has 0 N–H and O–H groups in total. The molecular weight excluding hydrogens is 218 g/mol. The van der Waals surface area contributed by atoms with Gasteiger partial charge in [0.1, 0.15) is 0 Å². The zero-order chi connectivity index (χ0) is 12.2. The van der Waals surface area contributed by atoms with Gasteiger partial charge in [-0.25, -0.2) is 0 Å². The lowest BCUT2D eigenvalue weighted by molar-refractivity contribution is 0.597. The first-order valence-corrected chi connectivity index (χ1v) is 6.60. The summed E-state index contributed by atoms with van der Waals surface area (Å²) in [5.41, 5.74) is 3.87. The van der Waals surface area contributed by atoms with Crippen LogP contribution in [0.5, 0.6) is 0 Å². The summed E-state index contributed by atoms with van der Waals surface area (Å²) in [4.78, 5) is 4.94. The Hall–Kier alpha value is -1.89. The Balaban J connectivity index is 1.91. The number of hydrogen-bond acceptors (Lipinski definition) is 1. The minimum absolute atomic E-state index is 0.343. The van der Waals surface area contributed by atoms with Gasteiger partial charge in [-0.3, -0.25) is 4.99 Å². The molecule has 1 nitrogen and oxygen atoms in total. The van der Waals surface area contributed by atoms with Gasteiger partial charge in [0.25, 0.3) is 0 Å². The van der Waals surface area contributed by atoms with Crippen LogP contribution in [0.25, 0.3) is 0 Å². The fourth-order valence-corrected chi connectivity index (χ4v) is 2.55. The number of hydrogen-bond donors (Lipinski definition) is 0. The van der Waals surface area contributed by atoms with Crippen LogP contribution in [0.2, 0.25) is 0 Å². The Bertz CT molecular complexity index is 528. The molecule has 0 aliphatic carbocycles. The molecule has 0 amide bonds. The first kappa shape index (κ1) is 11.2. The van der Waals surface area contributed by atoms with E-state index in [0.717, 1.165) is 6.42 Å². The highest BCUT2D eigenvalue weighted by molar-refractivity contribution is 6.01. The van der Waals surface area contributed by atoms with Gasteiger partial charge in [0, 0.05) is 5.71 Å². The molecule has 18 heavy (non-hydrogen) atoms. The van der Waals surface area contributed by atoms with Crippen molar-refractivity contribution in [3.05, 3.63) is 71.8 Å². The zero-order valence-corrected chi connectivity index (χ0v) is 10.4. The van der Waals surface area contributed by atoms with Gasteiger partial charge in [0.15, 0.2) is 0 Å². The van der Waals surface area contributed by atoms with E-state index in [0.29, 0.717) is 6.04 Å². The molecular formula is C17H17N. The summed E-state index contributed by atoms with van der Waals surface area (Å²) in [6, 6.07) is 21.5. The standard InChI is InChI=1S/C17H17N/c1-3-8-14(9-4-1)16-12-7-13-17(18-16)15-10-5-2-6-11-15/h1-6,8-11,16H,7,12-13H2. The molecule has 0 fully saturated rings. The summed E-state index contributed by atoms with van der Waals surface area (Å²) in [6.45, 7) is 0. The molecule has 1 aliphatic heterocycles. The van der Waals surface area contributed by atoms with E-state index in [1.807, 2.05) is 0 Å². The molecule has 1 heteroatoms. The normalized spacial score (nSPS) is 19.3. The summed E-state index contributed by atoms with van der Waals surface area (Å²) < 4.78 is 0. The highest BCUT2D eigenvalue weighted by atomic mass is 14.8. The van der Waals surface area contributed by atoms with Crippen molar-refractivity contribution in [1.29, 1.82) is 0 Å². The van der Waals surface area contributed by atoms with E-state index in [2.05, 4.69) is 60.7 Å². The van der Waals surface area contributed by atoms with Gasteiger partial charge in [0.05, 0.1) is 6.04 Å². The van der Waals surface area contributed by atoms with Crippen LogP contribution >= 0.6 is 0 Å². The third-order valence-electron chi connectivity index (χ3n) is 3.49. The lowest BCUT2D eigenvalue weighted by atomic mass is 9.94. The van der Waals surface area contributed by atoms with E-state index in [1.165, 1.54) is 29.7 Å². The summed E-state index contributed by atoms with van der Waals surface area (Å²) in [5.74, 6) is 0. The molecule has 0 radical (unpaired) electrons. The van der Waals surface area contributed by atoms with Crippen molar-refractivity contribution in [2.75, 3.05) is 0 Å². The molecule has 90 valence electrons. The highest BCUT2D eigenvalue weighted by Gasteiger charge is 2.17. The van der Waals surface area contributed by atoms with Crippen molar-refractivity contribution >= 4 is 5.71 Å². The van der Waals surface area contributed by atoms with Crippen LogP contribution in [0.1, 0.15) is 36.4 Å². The minimum Gasteiger partial charge on any atom is -0.281 e. The molecule has 1 unspecified atom stereocenters. The maximum Gasteiger partial charge on any atom is 0.0752 e. The number of benzene rings is 2. The Morgan fingerprint density at radius 3 is 2.22 bits per heavy atom. The molecule has 0 bridgehead atoms. The van der Waals surface area contributed by atoms with Crippen molar-refractivity contribution in [2.45, 2.75) is 25.3 Å². The second-order valence-electron chi connectivity index (χ2n) is 4.76. The maximum absolute atomic E-state index is 4.94. The molecule has 1 atom stereocenters. The molecule has 3 rings (SSSR count). The number of nitrogens with zero attached hydrogens (tertiary/aromatic N) is 1. The maximum atomic E-state index is 4.94. The summed E-state index contributed by atoms with van der Waals surface area (Å²) in [5, 5.41) is 0. The second kappa shape index (κ2) is 5.18. The molecule has 1 aliphatic rings. The number of rotatable bonds is 2. The summed E-state index contributed by atoms with van der Waals surface area (Å²) in [6.07, 6.45) is 3.50. The highest BCUT2D eigenvalue weighted by Crippen LogP contribution is 2.29. The van der Waals surface area contributed by atoms with E-state index < -0.39 is 0 Å². The van der Waals surface area contributed by atoms with Crippen LogP contribution in [0.4, 0.5) is 0 Å². The summed E-state index contributed by atoms with van der Waals surface area (Å²) in [7, 11) is 0. The van der Waals surface area contributed by atoms with E-state index in [4.69, 9.17) is 4.99 Å². The number of aliphatic imine (C=N–C) groups is 1. The topological polar surface area (TPSA) is 12.4 Å². The largest absolute Gasteiger partial charge is 0.281 e. The molecule has 0 saturated heterocycles.